The normalized spacial score (nSPS) is 17.0. The predicted molar refractivity (Wildman–Crippen MR) is 98.7 cm³/mol. The van der Waals surface area contributed by atoms with Crippen molar-refractivity contribution in [2.45, 2.75) is 18.9 Å². The number of rotatable bonds is 5. The molecule has 0 amide bonds. The summed E-state index contributed by atoms with van der Waals surface area (Å²) >= 11 is 3.57. The van der Waals surface area contributed by atoms with Gasteiger partial charge in [0.25, 0.3) is 0 Å². The van der Waals surface area contributed by atoms with Gasteiger partial charge in [-0.15, -0.1) is 0 Å². The Morgan fingerprint density at radius 2 is 2.18 bits per heavy atom. The highest BCUT2D eigenvalue weighted by Crippen LogP contribution is 2.33. The molecule has 0 unspecified atom stereocenters. The predicted octanol–water partition coefficient (Wildman–Crippen LogP) is 2.55. The first-order chi connectivity index (χ1) is 10.7. The van der Waals surface area contributed by atoms with Gasteiger partial charge < -0.3 is 21.3 Å². The van der Waals surface area contributed by atoms with E-state index in [1.807, 2.05) is 37.3 Å². The lowest BCUT2D eigenvalue weighted by Gasteiger charge is -2.24. The summed E-state index contributed by atoms with van der Waals surface area (Å²) in [6, 6.07) is 6.46. The van der Waals surface area contributed by atoms with Crippen molar-refractivity contribution in [1.29, 1.82) is 0 Å². The van der Waals surface area contributed by atoms with Crippen LogP contribution in [0.4, 0.5) is 11.4 Å². The highest BCUT2D eigenvalue weighted by atomic mass is 79.9. The van der Waals surface area contributed by atoms with Crippen molar-refractivity contribution < 1.29 is 0 Å². The Morgan fingerprint density at radius 3 is 2.82 bits per heavy atom. The summed E-state index contributed by atoms with van der Waals surface area (Å²) < 4.78 is 1.02. The van der Waals surface area contributed by atoms with Crippen LogP contribution in [0.1, 0.15) is 12.8 Å². The first-order valence-corrected chi connectivity index (χ1v) is 8.32. The molecule has 0 bridgehead atoms. The summed E-state index contributed by atoms with van der Waals surface area (Å²) in [4.78, 5) is 6.73. The number of hydrogen-bond donors (Lipinski definition) is 3. The van der Waals surface area contributed by atoms with Gasteiger partial charge in [-0.2, -0.15) is 0 Å². The average Bonchev–Trinajstić information content (AvgIpc) is 2.56. The molecule has 0 radical (unpaired) electrons. The van der Waals surface area contributed by atoms with Crippen LogP contribution in [-0.2, 0) is 0 Å². The molecular formula is C16H24BrN5. The van der Waals surface area contributed by atoms with Crippen LogP contribution < -0.4 is 21.3 Å². The van der Waals surface area contributed by atoms with Crippen LogP contribution in [0.2, 0.25) is 0 Å². The minimum Gasteiger partial charge on any atom is -0.403 e. The van der Waals surface area contributed by atoms with E-state index < -0.39 is 0 Å². The highest BCUT2D eigenvalue weighted by Gasteiger charge is 2.14. The number of hydrogen-bond acceptors (Lipinski definition) is 5. The number of halogens is 1. The van der Waals surface area contributed by atoms with E-state index >= 15 is 0 Å². The summed E-state index contributed by atoms with van der Waals surface area (Å²) in [6.45, 7) is 2.07. The standard InChI is InChI=1S/C16H24BrN5/c1-19-16-14(17)4-3-5-15(16)22(2)13(10-18)11-21-12-6-8-20-9-7-12/h3-5,10-12,19-20H,6-9,18H2,1-2H3. The molecule has 0 aromatic heterocycles. The van der Waals surface area contributed by atoms with Gasteiger partial charge in [0.05, 0.1) is 23.1 Å². The number of nitrogens with zero attached hydrogens (tertiary/aromatic N) is 2. The molecule has 1 aromatic rings. The number of piperidine rings is 1. The third-order valence-electron chi connectivity index (χ3n) is 3.89. The second-order valence-electron chi connectivity index (χ2n) is 5.29. The Balaban J connectivity index is 2.17. The van der Waals surface area contributed by atoms with E-state index in [0.29, 0.717) is 6.04 Å². The molecule has 5 nitrogen and oxygen atoms in total. The van der Waals surface area contributed by atoms with Gasteiger partial charge in [-0.05, 0) is 54.0 Å². The molecule has 4 N–H and O–H groups in total. The van der Waals surface area contributed by atoms with E-state index in [1.165, 1.54) is 0 Å². The molecule has 1 aromatic carbocycles. The first-order valence-electron chi connectivity index (χ1n) is 7.53. The second-order valence-corrected chi connectivity index (χ2v) is 6.15. The summed E-state index contributed by atoms with van der Waals surface area (Å²) in [5, 5.41) is 6.57. The first kappa shape index (κ1) is 16.8. The van der Waals surface area contributed by atoms with Crippen LogP contribution in [0.3, 0.4) is 0 Å². The van der Waals surface area contributed by atoms with Crippen LogP contribution in [0, 0.1) is 0 Å². The number of aliphatic imine (C=N–C) groups is 1. The molecule has 1 fully saturated rings. The fraction of sp³-hybridized carbons (Fsp3) is 0.438. The van der Waals surface area contributed by atoms with Gasteiger partial charge in [0.2, 0.25) is 0 Å². The van der Waals surface area contributed by atoms with Crippen molar-refractivity contribution in [3.05, 3.63) is 34.6 Å². The Bertz CT molecular complexity index is 549. The molecule has 1 aliphatic heterocycles. The maximum Gasteiger partial charge on any atom is 0.0747 e. The van der Waals surface area contributed by atoms with Crippen molar-refractivity contribution in [2.24, 2.45) is 10.7 Å². The van der Waals surface area contributed by atoms with E-state index in [1.54, 1.807) is 6.20 Å². The van der Waals surface area contributed by atoms with Crippen LogP contribution >= 0.6 is 15.9 Å². The topological polar surface area (TPSA) is 65.7 Å². The number of para-hydroxylation sites is 1. The molecule has 1 heterocycles. The monoisotopic (exact) mass is 365 g/mol. The molecule has 0 aliphatic carbocycles. The summed E-state index contributed by atoms with van der Waals surface area (Å²) in [5.74, 6) is 0. The van der Waals surface area contributed by atoms with Gasteiger partial charge in [0.15, 0.2) is 0 Å². The fourth-order valence-electron chi connectivity index (χ4n) is 2.56. The summed E-state index contributed by atoms with van der Waals surface area (Å²) in [7, 11) is 3.90. The van der Waals surface area contributed by atoms with Crippen LogP contribution in [0.5, 0.6) is 0 Å². The van der Waals surface area contributed by atoms with E-state index in [2.05, 4.69) is 32.6 Å². The lowest BCUT2D eigenvalue weighted by molar-refractivity contribution is 0.461. The van der Waals surface area contributed by atoms with Gasteiger partial charge in [-0.3, -0.25) is 4.99 Å². The number of anilines is 2. The van der Waals surface area contributed by atoms with Gasteiger partial charge in [-0.25, -0.2) is 0 Å². The Morgan fingerprint density at radius 1 is 1.45 bits per heavy atom. The Labute approximate surface area is 140 Å². The van der Waals surface area contributed by atoms with Crippen molar-refractivity contribution in [3.8, 4) is 0 Å². The molecule has 0 saturated carbocycles. The van der Waals surface area contributed by atoms with Crippen molar-refractivity contribution in [3.63, 3.8) is 0 Å². The van der Waals surface area contributed by atoms with Crippen molar-refractivity contribution in [2.75, 3.05) is 37.4 Å². The second kappa shape index (κ2) is 8.19. The number of nitrogens with one attached hydrogen (secondary N) is 2. The number of nitrogens with two attached hydrogens (primary N) is 1. The number of benzene rings is 1. The molecular weight excluding hydrogens is 342 g/mol. The molecule has 1 aliphatic rings. The van der Waals surface area contributed by atoms with Crippen LogP contribution in [0.15, 0.2) is 39.6 Å². The fourth-order valence-corrected chi connectivity index (χ4v) is 3.11. The quantitative estimate of drug-likeness (QED) is 0.701. The zero-order valence-electron chi connectivity index (χ0n) is 13.1. The maximum absolute atomic E-state index is 5.82. The van der Waals surface area contributed by atoms with Crippen molar-refractivity contribution in [1.82, 2.24) is 5.32 Å². The Hall–Kier alpha value is -1.53. The van der Waals surface area contributed by atoms with E-state index in [0.717, 1.165) is 47.5 Å². The summed E-state index contributed by atoms with van der Waals surface area (Å²) in [5.41, 5.74) is 8.77. The summed E-state index contributed by atoms with van der Waals surface area (Å²) in [6.07, 6.45) is 5.65. The minimum atomic E-state index is 0.385. The molecule has 120 valence electrons. The lowest BCUT2D eigenvalue weighted by Crippen LogP contribution is -2.30. The van der Waals surface area contributed by atoms with Gasteiger partial charge in [0.1, 0.15) is 0 Å². The molecule has 6 heteroatoms. The van der Waals surface area contributed by atoms with E-state index in [9.17, 15) is 0 Å². The molecule has 0 spiro atoms. The molecule has 1 saturated heterocycles. The third kappa shape index (κ3) is 4.01. The lowest BCUT2D eigenvalue weighted by atomic mass is 10.1. The zero-order chi connectivity index (χ0) is 15.9. The molecule has 0 atom stereocenters. The van der Waals surface area contributed by atoms with Crippen LogP contribution in [-0.4, -0.2) is 39.4 Å². The molecule has 22 heavy (non-hydrogen) atoms. The largest absolute Gasteiger partial charge is 0.403 e. The third-order valence-corrected chi connectivity index (χ3v) is 4.55. The average molecular weight is 366 g/mol. The highest BCUT2D eigenvalue weighted by molar-refractivity contribution is 9.10. The van der Waals surface area contributed by atoms with Gasteiger partial charge >= 0.3 is 0 Å². The number of allylic oxidation sites excluding steroid dienone is 1. The van der Waals surface area contributed by atoms with E-state index in [4.69, 9.17) is 10.7 Å². The molecule has 2 rings (SSSR count). The van der Waals surface area contributed by atoms with E-state index in [-0.39, 0.29) is 0 Å². The van der Waals surface area contributed by atoms with Gasteiger partial charge in [-0.1, -0.05) is 6.07 Å². The maximum atomic E-state index is 5.82. The SMILES string of the molecule is CNc1c(Br)cccc1N(C)C(C=NC1CCNCC1)=CN. The van der Waals surface area contributed by atoms with Crippen molar-refractivity contribution >= 4 is 33.5 Å². The van der Waals surface area contributed by atoms with Gasteiger partial charge in [0, 0.05) is 31.0 Å². The smallest absolute Gasteiger partial charge is 0.0747 e. The Kier molecular flexibility index (Phi) is 6.27. The van der Waals surface area contributed by atoms with Crippen LogP contribution in [0.25, 0.3) is 0 Å². The zero-order valence-corrected chi connectivity index (χ0v) is 14.7. The minimum absolute atomic E-state index is 0.385.